The molecule has 2 nitrogen and oxygen atoms in total. The number of aromatic hydroxyl groups is 1. The molecule has 0 radical (unpaired) electrons. The second-order valence-corrected chi connectivity index (χ2v) is 6.48. The third-order valence-corrected chi connectivity index (χ3v) is 4.97. The lowest BCUT2D eigenvalue weighted by Crippen LogP contribution is -2.25. The van der Waals surface area contributed by atoms with Crippen LogP contribution in [0.2, 0.25) is 0 Å². The largest absolute Gasteiger partial charge is 0.507 e. The molecule has 1 aliphatic rings. The number of phenols is 1. The van der Waals surface area contributed by atoms with Crippen LogP contribution >= 0.6 is 0 Å². The fraction of sp³-hybridized carbons (Fsp3) is 0.667. The van der Waals surface area contributed by atoms with E-state index in [2.05, 4.69) is 13.8 Å². The topological polar surface area (TPSA) is 40.5 Å². The molecule has 0 aromatic heterocycles. The van der Waals surface area contributed by atoms with E-state index in [-0.39, 0.29) is 5.41 Å². The lowest BCUT2D eigenvalue weighted by molar-refractivity contribution is 0.173. The third-order valence-electron chi connectivity index (χ3n) is 4.97. The van der Waals surface area contributed by atoms with Crippen LogP contribution in [0.3, 0.4) is 0 Å². The molecule has 1 saturated carbocycles. The van der Waals surface area contributed by atoms with Gasteiger partial charge in [-0.15, -0.1) is 0 Å². The van der Waals surface area contributed by atoms with E-state index in [1.807, 2.05) is 19.1 Å². The molecule has 0 spiro atoms. The van der Waals surface area contributed by atoms with Crippen molar-refractivity contribution in [2.24, 2.45) is 0 Å². The van der Waals surface area contributed by atoms with Crippen LogP contribution < -0.4 is 0 Å². The average molecular weight is 276 g/mol. The van der Waals surface area contributed by atoms with E-state index in [9.17, 15) is 10.2 Å². The Bertz CT molecular complexity index is 459. The Hall–Kier alpha value is -1.02. The minimum Gasteiger partial charge on any atom is -0.507 e. The summed E-state index contributed by atoms with van der Waals surface area (Å²) >= 11 is 0. The van der Waals surface area contributed by atoms with Gasteiger partial charge in [0.25, 0.3) is 0 Å². The van der Waals surface area contributed by atoms with Crippen molar-refractivity contribution in [1.82, 2.24) is 0 Å². The lowest BCUT2D eigenvalue weighted by Gasteiger charge is -2.35. The summed E-state index contributed by atoms with van der Waals surface area (Å²) in [6.07, 6.45) is 7.13. The quantitative estimate of drug-likeness (QED) is 0.842. The molecule has 2 rings (SSSR count). The van der Waals surface area contributed by atoms with Gasteiger partial charge in [-0.05, 0) is 54.4 Å². The molecule has 1 aromatic rings. The summed E-state index contributed by atoms with van der Waals surface area (Å²) in [6, 6.07) is 4.02. The van der Waals surface area contributed by atoms with Gasteiger partial charge >= 0.3 is 0 Å². The second kappa shape index (κ2) is 6.17. The first kappa shape index (κ1) is 15.4. The van der Waals surface area contributed by atoms with Crippen molar-refractivity contribution in [2.75, 3.05) is 0 Å². The summed E-state index contributed by atoms with van der Waals surface area (Å²) < 4.78 is 0. The average Bonchev–Trinajstić information content (AvgIpc) is 2.47. The first-order chi connectivity index (χ1) is 9.51. The number of aryl methyl sites for hydroxylation is 1. The highest BCUT2D eigenvalue weighted by Gasteiger charge is 2.32. The molecule has 1 atom stereocenters. The molecule has 2 heteroatoms. The molecule has 0 aliphatic heterocycles. The van der Waals surface area contributed by atoms with Crippen LogP contribution in [0, 0.1) is 0 Å². The normalized spacial score (nSPS) is 19.8. The summed E-state index contributed by atoms with van der Waals surface area (Å²) in [6.45, 7) is 6.32. The van der Waals surface area contributed by atoms with Gasteiger partial charge in [0.15, 0.2) is 0 Å². The molecule has 1 unspecified atom stereocenters. The van der Waals surface area contributed by atoms with Crippen molar-refractivity contribution in [2.45, 2.75) is 77.2 Å². The van der Waals surface area contributed by atoms with Gasteiger partial charge in [0.05, 0.1) is 6.10 Å². The van der Waals surface area contributed by atoms with Crippen molar-refractivity contribution in [3.8, 4) is 5.75 Å². The number of hydrogen-bond donors (Lipinski definition) is 2. The van der Waals surface area contributed by atoms with Crippen molar-refractivity contribution >= 4 is 0 Å². The summed E-state index contributed by atoms with van der Waals surface area (Å²) in [5, 5.41) is 20.8. The number of rotatable bonds is 4. The van der Waals surface area contributed by atoms with Gasteiger partial charge in [0.2, 0.25) is 0 Å². The maximum absolute atomic E-state index is 10.6. The number of phenolic OH excluding ortho intramolecular Hbond substituents is 1. The summed E-state index contributed by atoms with van der Waals surface area (Å²) in [5.74, 6) is 0.462. The molecule has 0 amide bonds. The number of hydrogen-bond acceptors (Lipinski definition) is 2. The van der Waals surface area contributed by atoms with Gasteiger partial charge in [-0.2, -0.15) is 0 Å². The molecule has 0 bridgehead atoms. The monoisotopic (exact) mass is 276 g/mol. The Balaban J connectivity index is 2.49. The van der Waals surface area contributed by atoms with Crippen molar-refractivity contribution in [3.05, 3.63) is 28.8 Å². The summed E-state index contributed by atoms with van der Waals surface area (Å²) in [5.41, 5.74) is 3.05. The lowest BCUT2D eigenvalue weighted by atomic mass is 9.69. The SMILES string of the molecule is CCc1cc(C(O)CC)cc(C2(C)CCCCC2)c1O. The molecule has 1 aliphatic carbocycles. The van der Waals surface area contributed by atoms with Crippen LogP contribution in [0.1, 0.15) is 82.1 Å². The molecule has 1 fully saturated rings. The van der Waals surface area contributed by atoms with E-state index in [1.165, 1.54) is 19.3 Å². The molecule has 0 heterocycles. The van der Waals surface area contributed by atoms with Crippen molar-refractivity contribution < 1.29 is 10.2 Å². The maximum atomic E-state index is 10.6. The van der Waals surface area contributed by atoms with Crippen LogP contribution in [0.15, 0.2) is 12.1 Å². The zero-order chi connectivity index (χ0) is 14.8. The molecule has 0 saturated heterocycles. The molecule has 1 aromatic carbocycles. The Morgan fingerprint density at radius 3 is 2.35 bits per heavy atom. The Morgan fingerprint density at radius 1 is 1.15 bits per heavy atom. The number of benzene rings is 1. The Kier molecular flexibility index (Phi) is 4.74. The smallest absolute Gasteiger partial charge is 0.122 e. The zero-order valence-corrected chi connectivity index (χ0v) is 13.1. The van der Waals surface area contributed by atoms with E-state index in [4.69, 9.17) is 0 Å². The van der Waals surface area contributed by atoms with E-state index in [0.29, 0.717) is 12.2 Å². The first-order valence-corrected chi connectivity index (χ1v) is 8.06. The van der Waals surface area contributed by atoms with Crippen molar-refractivity contribution in [1.29, 1.82) is 0 Å². The van der Waals surface area contributed by atoms with Gasteiger partial charge in [0.1, 0.15) is 5.75 Å². The van der Waals surface area contributed by atoms with Gasteiger partial charge in [-0.25, -0.2) is 0 Å². The zero-order valence-electron chi connectivity index (χ0n) is 13.1. The van der Waals surface area contributed by atoms with Crippen LogP contribution in [0.25, 0.3) is 0 Å². The fourth-order valence-corrected chi connectivity index (χ4v) is 3.48. The minimum atomic E-state index is -0.424. The second-order valence-electron chi connectivity index (χ2n) is 6.48. The maximum Gasteiger partial charge on any atom is 0.122 e. The number of aliphatic hydroxyl groups excluding tert-OH is 1. The van der Waals surface area contributed by atoms with E-state index in [1.54, 1.807) is 0 Å². The summed E-state index contributed by atoms with van der Waals surface area (Å²) in [7, 11) is 0. The Labute approximate surface area is 122 Å². The van der Waals surface area contributed by atoms with Gasteiger partial charge in [-0.3, -0.25) is 0 Å². The predicted octanol–water partition coefficient (Wildman–Crippen LogP) is 4.62. The molecular weight excluding hydrogens is 248 g/mol. The molecule has 20 heavy (non-hydrogen) atoms. The predicted molar refractivity (Wildman–Crippen MR) is 83.2 cm³/mol. The fourth-order valence-electron chi connectivity index (χ4n) is 3.48. The molecular formula is C18H28O2. The van der Waals surface area contributed by atoms with E-state index >= 15 is 0 Å². The van der Waals surface area contributed by atoms with Gasteiger partial charge in [0, 0.05) is 5.56 Å². The molecule has 2 N–H and O–H groups in total. The van der Waals surface area contributed by atoms with Crippen LogP contribution in [0.5, 0.6) is 5.75 Å². The van der Waals surface area contributed by atoms with Gasteiger partial charge < -0.3 is 10.2 Å². The van der Waals surface area contributed by atoms with E-state index < -0.39 is 6.10 Å². The standard InChI is InChI=1S/C18H28O2/c1-4-13-11-14(16(19)5-2)12-15(17(13)20)18(3)9-7-6-8-10-18/h11-12,16,19-20H,4-10H2,1-3H3. The molecule has 112 valence electrons. The Morgan fingerprint density at radius 2 is 1.80 bits per heavy atom. The highest BCUT2D eigenvalue weighted by Crippen LogP contribution is 2.44. The highest BCUT2D eigenvalue weighted by molar-refractivity contribution is 5.48. The van der Waals surface area contributed by atoms with Crippen LogP contribution in [-0.4, -0.2) is 10.2 Å². The van der Waals surface area contributed by atoms with Gasteiger partial charge in [-0.1, -0.05) is 40.0 Å². The third kappa shape index (κ3) is 2.85. The highest BCUT2D eigenvalue weighted by atomic mass is 16.3. The summed E-state index contributed by atoms with van der Waals surface area (Å²) in [4.78, 5) is 0. The van der Waals surface area contributed by atoms with E-state index in [0.717, 1.165) is 36.0 Å². The minimum absolute atomic E-state index is 0.0652. The van der Waals surface area contributed by atoms with Crippen LogP contribution in [0.4, 0.5) is 0 Å². The van der Waals surface area contributed by atoms with Crippen molar-refractivity contribution in [3.63, 3.8) is 0 Å². The van der Waals surface area contributed by atoms with Crippen LogP contribution in [-0.2, 0) is 11.8 Å². The first-order valence-electron chi connectivity index (χ1n) is 8.06. The number of aliphatic hydroxyl groups is 1.